The van der Waals surface area contributed by atoms with E-state index >= 15 is 0 Å². The Kier molecular flexibility index (Phi) is 4.86. The molecule has 0 spiro atoms. The lowest BCUT2D eigenvalue weighted by molar-refractivity contribution is -0.144. The van der Waals surface area contributed by atoms with Crippen molar-refractivity contribution < 1.29 is 18.3 Å². The zero-order chi connectivity index (χ0) is 13.2. The average Bonchev–Trinajstić information content (AvgIpc) is 2.10. The molecule has 0 radical (unpaired) electrons. The molecule has 1 N–H and O–H groups in total. The van der Waals surface area contributed by atoms with E-state index in [0.717, 1.165) is 4.90 Å². The highest BCUT2D eigenvalue weighted by atomic mass is 79.9. The number of phenolic OH excluding ortho intramolecular Hbond substituents is 1. The molecule has 0 amide bonds. The summed E-state index contributed by atoms with van der Waals surface area (Å²) in [6.45, 7) is -0.819. The molecule has 0 aliphatic carbocycles. The second-order valence-corrected chi connectivity index (χ2v) is 5.40. The Morgan fingerprint density at radius 2 is 1.71 bits per heavy atom. The number of alkyl halides is 3. The molecule has 0 saturated carbocycles. The first-order chi connectivity index (χ1) is 7.69. The third kappa shape index (κ3) is 4.85. The summed E-state index contributed by atoms with van der Waals surface area (Å²) in [6, 6.07) is 3.18. The predicted octanol–water partition coefficient (Wildman–Crippen LogP) is 3.91. The number of rotatable bonds is 3. The first-order valence-corrected chi connectivity index (χ1v) is 6.20. The first-order valence-electron chi connectivity index (χ1n) is 4.61. The molecule has 0 aliphatic rings. The highest BCUT2D eigenvalue weighted by Crippen LogP contribution is 2.33. The van der Waals surface area contributed by atoms with Crippen LogP contribution >= 0.6 is 31.9 Å². The van der Waals surface area contributed by atoms with E-state index in [9.17, 15) is 18.3 Å². The lowest BCUT2D eigenvalue weighted by Gasteiger charge is -2.19. The molecular formula is C10H10Br2F3NO. The van der Waals surface area contributed by atoms with Crippen LogP contribution in [0.3, 0.4) is 0 Å². The molecule has 0 fully saturated rings. The number of nitrogens with zero attached hydrogens (tertiary/aromatic N) is 1. The van der Waals surface area contributed by atoms with E-state index in [-0.39, 0.29) is 12.3 Å². The lowest BCUT2D eigenvalue weighted by Crippen LogP contribution is -2.30. The molecule has 0 unspecified atom stereocenters. The fourth-order valence-corrected chi connectivity index (χ4v) is 2.66. The quantitative estimate of drug-likeness (QED) is 0.864. The fourth-order valence-electron chi connectivity index (χ4n) is 1.38. The number of hydrogen-bond acceptors (Lipinski definition) is 2. The summed E-state index contributed by atoms with van der Waals surface area (Å²) in [6.07, 6.45) is -4.21. The minimum absolute atomic E-state index is 0.0345. The maximum absolute atomic E-state index is 12.1. The van der Waals surface area contributed by atoms with Gasteiger partial charge in [0.05, 0.1) is 15.5 Å². The van der Waals surface area contributed by atoms with Gasteiger partial charge in [-0.25, -0.2) is 0 Å². The molecule has 2 nitrogen and oxygen atoms in total. The molecule has 0 bridgehead atoms. The average molecular weight is 377 g/mol. The highest BCUT2D eigenvalue weighted by molar-refractivity contribution is 9.11. The van der Waals surface area contributed by atoms with Crippen molar-refractivity contribution in [3.63, 3.8) is 0 Å². The van der Waals surface area contributed by atoms with Gasteiger partial charge in [-0.2, -0.15) is 13.2 Å². The summed E-state index contributed by atoms with van der Waals surface area (Å²) in [5, 5.41) is 9.46. The number of halogens is 5. The van der Waals surface area contributed by atoms with Crippen LogP contribution in [0.15, 0.2) is 21.1 Å². The molecule has 0 aromatic heterocycles. The van der Waals surface area contributed by atoms with Crippen molar-refractivity contribution in [3.05, 3.63) is 26.6 Å². The van der Waals surface area contributed by atoms with Gasteiger partial charge in [0.2, 0.25) is 0 Å². The largest absolute Gasteiger partial charge is 0.506 e. The monoisotopic (exact) mass is 375 g/mol. The number of hydrogen-bond donors (Lipinski definition) is 1. The standard InChI is InChI=1S/C10H10Br2F3NO/c1-16(5-10(13,14)15)4-6-2-7(11)9(17)8(12)3-6/h2-3,17H,4-5H2,1H3. The zero-order valence-corrected chi connectivity index (χ0v) is 12.0. The number of phenols is 1. The van der Waals surface area contributed by atoms with E-state index in [4.69, 9.17) is 0 Å². The second kappa shape index (κ2) is 5.58. The normalized spacial score (nSPS) is 12.2. The molecule has 96 valence electrons. The first kappa shape index (κ1) is 14.8. The SMILES string of the molecule is CN(Cc1cc(Br)c(O)c(Br)c1)CC(F)(F)F. The van der Waals surface area contributed by atoms with Crippen molar-refractivity contribution in [2.45, 2.75) is 12.7 Å². The minimum atomic E-state index is -4.21. The van der Waals surface area contributed by atoms with Gasteiger partial charge < -0.3 is 5.11 Å². The van der Waals surface area contributed by atoms with Gasteiger partial charge in [-0.15, -0.1) is 0 Å². The van der Waals surface area contributed by atoms with Gasteiger partial charge in [0.1, 0.15) is 5.75 Å². The van der Waals surface area contributed by atoms with Gasteiger partial charge in [0.15, 0.2) is 0 Å². The Morgan fingerprint density at radius 1 is 1.24 bits per heavy atom. The van der Waals surface area contributed by atoms with Gasteiger partial charge >= 0.3 is 6.18 Å². The van der Waals surface area contributed by atoms with Crippen molar-refractivity contribution in [2.75, 3.05) is 13.6 Å². The lowest BCUT2D eigenvalue weighted by atomic mass is 10.2. The van der Waals surface area contributed by atoms with Gasteiger partial charge in [-0.1, -0.05) is 0 Å². The van der Waals surface area contributed by atoms with Crippen LogP contribution in [0.25, 0.3) is 0 Å². The third-order valence-electron chi connectivity index (χ3n) is 1.98. The third-order valence-corrected chi connectivity index (χ3v) is 3.19. The Bertz CT molecular complexity index is 386. The molecule has 0 heterocycles. The van der Waals surface area contributed by atoms with Gasteiger partial charge in [-0.05, 0) is 56.6 Å². The van der Waals surface area contributed by atoms with Crippen LogP contribution in [0.2, 0.25) is 0 Å². The minimum Gasteiger partial charge on any atom is -0.506 e. The molecule has 0 atom stereocenters. The summed E-state index contributed by atoms with van der Waals surface area (Å²) < 4.78 is 37.3. The van der Waals surface area contributed by atoms with E-state index in [1.165, 1.54) is 7.05 Å². The Morgan fingerprint density at radius 3 is 2.12 bits per heavy atom. The summed E-state index contributed by atoms with van der Waals surface area (Å²) in [7, 11) is 1.39. The molecular weight excluding hydrogens is 367 g/mol. The van der Waals surface area contributed by atoms with E-state index in [0.29, 0.717) is 14.5 Å². The topological polar surface area (TPSA) is 23.5 Å². The summed E-state index contributed by atoms with van der Waals surface area (Å²) in [4.78, 5) is 1.16. The van der Waals surface area contributed by atoms with Crippen LogP contribution in [0.1, 0.15) is 5.56 Å². The molecule has 17 heavy (non-hydrogen) atoms. The van der Waals surface area contributed by atoms with Gasteiger partial charge in [-0.3, -0.25) is 4.90 Å². The smallest absolute Gasteiger partial charge is 0.401 e. The van der Waals surface area contributed by atoms with E-state index in [1.807, 2.05) is 0 Å². The number of aromatic hydroxyl groups is 1. The predicted molar refractivity (Wildman–Crippen MR) is 65.9 cm³/mol. The molecule has 1 aromatic carbocycles. The van der Waals surface area contributed by atoms with Crippen LogP contribution < -0.4 is 0 Å². The summed E-state index contributed by atoms with van der Waals surface area (Å²) >= 11 is 6.25. The van der Waals surface area contributed by atoms with Crippen molar-refractivity contribution in [2.24, 2.45) is 0 Å². The number of benzene rings is 1. The Hall–Kier alpha value is -0.270. The van der Waals surface area contributed by atoms with E-state index in [2.05, 4.69) is 31.9 Å². The Balaban J connectivity index is 2.76. The molecule has 1 aromatic rings. The highest BCUT2D eigenvalue weighted by Gasteiger charge is 2.29. The van der Waals surface area contributed by atoms with Gasteiger partial charge in [0.25, 0.3) is 0 Å². The van der Waals surface area contributed by atoms with Crippen LogP contribution in [-0.4, -0.2) is 29.8 Å². The zero-order valence-electron chi connectivity index (χ0n) is 8.85. The van der Waals surface area contributed by atoms with Crippen LogP contribution in [-0.2, 0) is 6.54 Å². The Labute approximate surface area is 114 Å². The van der Waals surface area contributed by atoms with Crippen molar-refractivity contribution in [1.29, 1.82) is 0 Å². The van der Waals surface area contributed by atoms with Crippen LogP contribution in [0.4, 0.5) is 13.2 Å². The summed E-state index contributed by atoms with van der Waals surface area (Å²) in [5.74, 6) is 0.0345. The van der Waals surface area contributed by atoms with E-state index in [1.54, 1.807) is 12.1 Å². The van der Waals surface area contributed by atoms with Crippen LogP contribution in [0, 0.1) is 0 Å². The van der Waals surface area contributed by atoms with Crippen molar-refractivity contribution >= 4 is 31.9 Å². The molecule has 7 heteroatoms. The van der Waals surface area contributed by atoms with Crippen molar-refractivity contribution in [1.82, 2.24) is 4.90 Å². The van der Waals surface area contributed by atoms with Crippen molar-refractivity contribution in [3.8, 4) is 5.75 Å². The second-order valence-electron chi connectivity index (χ2n) is 3.70. The molecule has 0 saturated heterocycles. The maximum Gasteiger partial charge on any atom is 0.401 e. The molecule has 0 aliphatic heterocycles. The maximum atomic E-state index is 12.1. The fraction of sp³-hybridized carbons (Fsp3) is 0.400. The van der Waals surface area contributed by atoms with Gasteiger partial charge in [0, 0.05) is 6.54 Å². The summed E-state index contributed by atoms with van der Waals surface area (Å²) in [5.41, 5.74) is 0.674. The molecule has 1 rings (SSSR count). The van der Waals surface area contributed by atoms with Crippen LogP contribution in [0.5, 0.6) is 5.75 Å². The van der Waals surface area contributed by atoms with E-state index < -0.39 is 12.7 Å².